The van der Waals surface area contributed by atoms with Crippen molar-refractivity contribution in [1.29, 1.82) is 0 Å². The van der Waals surface area contributed by atoms with E-state index in [4.69, 9.17) is 5.11 Å². The summed E-state index contributed by atoms with van der Waals surface area (Å²) in [5.74, 6) is 0.691. The second kappa shape index (κ2) is 5.66. The molecule has 0 amide bonds. The number of hydrogen-bond acceptors (Lipinski definition) is 4. The summed E-state index contributed by atoms with van der Waals surface area (Å²) in [5.41, 5.74) is 0. The minimum absolute atomic E-state index is 0.141. The lowest BCUT2D eigenvalue weighted by Gasteiger charge is -2.06. The minimum atomic E-state index is -0.681. The number of rotatable bonds is 4. The van der Waals surface area contributed by atoms with E-state index in [1.807, 2.05) is 0 Å². The molecule has 1 aliphatic heterocycles. The maximum atomic E-state index is 10.7. The topological polar surface area (TPSA) is 54.4 Å². The van der Waals surface area contributed by atoms with E-state index < -0.39 is 5.97 Å². The Kier molecular flexibility index (Phi) is 4.81. The fourth-order valence-electron chi connectivity index (χ4n) is 1.41. The molecule has 0 aromatic heterocycles. The average molecular weight is 234 g/mol. The zero-order chi connectivity index (χ0) is 10.6. The second-order valence-electron chi connectivity index (χ2n) is 3.35. The molecule has 0 aromatic rings. The van der Waals surface area contributed by atoms with Crippen LogP contribution in [0.3, 0.4) is 0 Å². The zero-order valence-electron chi connectivity index (χ0n) is 8.06. The molecule has 1 fully saturated rings. The molecule has 0 aliphatic carbocycles. The minimum Gasteiger partial charge on any atom is -0.481 e. The summed E-state index contributed by atoms with van der Waals surface area (Å²) in [4.78, 5) is 21.3. The van der Waals surface area contributed by atoms with Gasteiger partial charge in [-0.3, -0.25) is 9.59 Å². The lowest BCUT2D eigenvalue weighted by Crippen LogP contribution is -2.13. The van der Waals surface area contributed by atoms with Gasteiger partial charge in [0, 0.05) is 23.7 Å². The summed E-state index contributed by atoms with van der Waals surface area (Å²) in [6, 6.07) is 0. The molecule has 0 saturated carbocycles. The molecule has 1 heterocycles. The average Bonchev–Trinajstić information content (AvgIpc) is 2.52. The lowest BCUT2D eigenvalue weighted by atomic mass is 10.1. The van der Waals surface area contributed by atoms with E-state index in [0.29, 0.717) is 5.25 Å². The molecule has 0 bridgehead atoms. The monoisotopic (exact) mass is 234 g/mol. The van der Waals surface area contributed by atoms with Gasteiger partial charge in [-0.1, -0.05) is 11.8 Å². The Labute approximate surface area is 92.0 Å². The molecule has 1 N–H and O–H groups in total. The third kappa shape index (κ3) is 3.92. The van der Waals surface area contributed by atoms with Crippen molar-refractivity contribution in [2.24, 2.45) is 5.92 Å². The van der Waals surface area contributed by atoms with Gasteiger partial charge in [0.15, 0.2) is 5.12 Å². The molecule has 2 unspecified atom stereocenters. The normalized spacial score (nSPS) is 26.4. The fourth-order valence-corrected chi connectivity index (χ4v) is 3.69. The van der Waals surface area contributed by atoms with Gasteiger partial charge < -0.3 is 5.11 Å². The SMILES string of the molecule is CC(=O)SCCC1CC(C(=O)O)CS1. The Morgan fingerprint density at radius 3 is 2.79 bits per heavy atom. The first kappa shape index (κ1) is 11.9. The molecule has 1 saturated heterocycles. The third-order valence-electron chi connectivity index (χ3n) is 2.17. The summed E-state index contributed by atoms with van der Waals surface area (Å²) in [5, 5.41) is 9.35. The van der Waals surface area contributed by atoms with Crippen molar-refractivity contribution in [1.82, 2.24) is 0 Å². The number of hydrogen-bond donors (Lipinski definition) is 1. The van der Waals surface area contributed by atoms with E-state index in [-0.39, 0.29) is 11.0 Å². The first-order chi connectivity index (χ1) is 6.59. The van der Waals surface area contributed by atoms with Crippen LogP contribution in [0.1, 0.15) is 19.8 Å². The molecule has 80 valence electrons. The smallest absolute Gasteiger partial charge is 0.307 e. The van der Waals surface area contributed by atoms with E-state index in [2.05, 4.69) is 0 Å². The number of carbonyl (C=O) groups is 2. The van der Waals surface area contributed by atoms with Crippen molar-refractivity contribution in [3.05, 3.63) is 0 Å². The Hall–Kier alpha value is -0.160. The zero-order valence-corrected chi connectivity index (χ0v) is 9.70. The van der Waals surface area contributed by atoms with Crippen molar-refractivity contribution in [2.75, 3.05) is 11.5 Å². The first-order valence-corrected chi connectivity index (χ1v) is 6.61. The molecule has 0 spiro atoms. The molecular formula is C9H14O3S2. The predicted molar refractivity (Wildman–Crippen MR) is 59.7 cm³/mol. The Balaban J connectivity index is 2.16. The highest BCUT2D eigenvalue weighted by Gasteiger charge is 2.29. The van der Waals surface area contributed by atoms with E-state index >= 15 is 0 Å². The van der Waals surface area contributed by atoms with Crippen molar-refractivity contribution < 1.29 is 14.7 Å². The third-order valence-corrected chi connectivity index (χ3v) is 4.52. The van der Waals surface area contributed by atoms with E-state index in [1.165, 1.54) is 11.8 Å². The molecule has 3 nitrogen and oxygen atoms in total. The van der Waals surface area contributed by atoms with Gasteiger partial charge in [0.25, 0.3) is 0 Å². The molecule has 2 atom stereocenters. The Morgan fingerprint density at radius 1 is 1.57 bits per heavy atom. The summed E-state index contributed by atoms with van der Waals surface area (Å²) >= 11 is 3.05. The van der Waals surface area contributed by atoms with Gasteiger partial charge in [0.05, 0.1) is 5.92 Å². The molecule has 0 aromatic carbocycles. The van der Waals surface area contributed by atoms with E-state index in [1.54, 1.807) is 18.7 Å². The summed E-state index contributed by atoms with van der Waals surface area (Å²) < 4.78 is 0. The van der Waals surface area contributed by atoms with Crippen molar-refractivity contribution >= 4 is 34.6 Å². The fraction of sp³-hybridized carbons (Fsp3) is 0.778. The van der Waals surface area contributed by atoms with Gasteiger partial charge in [-0.25, -0.2) is 0 Å². The quantitative estimate of drug-likeness (QED) is 0.804. The number of carbonyl (C=O) groups excluding carboxylic acids is 1. The summed E-state index contributed by atoms with van der Waals surface area (Å²) in [7, 11) is 0. The van der Waals surface area contributed by atoms with E-state index in [9.17, 15) is 9.59 Å². The molecule has 5 heteroatoms. The van der Waals surface area contributed by atoms with E-state index in [0.717, 1.165) is 24.3 Å². The first-order valence-electron chi connectivity index (χ1n) is 4.57. The molecule has 1 rings (SSSR count). The van der Waals surface area contributed by atoms with Crippen molar-refractivity contribution in [3.63, 3.8) is 0 Å². The van der Waals surface area contributed by atoms with Gasteiger partial charge in [-0.2, -0.15) is 11.8 Å². The number of thioether (sulfide) groups is 2. The van der Waals surface area contributed by atoms with Gasteiger partial charge in [0.2, 0.25) is 0 Å². The standard InChI is InChI=1S/C9H14O3S2/c1-6(10)13-3-2-8-4-7(5-14-8)9(11)12/h7-8H,2-5H2,1H3,(H,11,12). The van der Waals surface area contributed by atoms with Crippen LogP contribution in [-0.4, -0.2) is 32.9 Å². The number of carboxylic acid groups (broad SMARTS) is 1. The highest BCUT2D eigenvalue weighted by Crippen LogP contribution is 2.34. The van der Waals surface area contributed by atoms with Crippen molar-refractivity contribution in [2.45, 2.75) is 25.0 Å². The molecular weight excluding hydrogens is 220 g/mol. The lowest BCUT2D eigenvalue weighted by molar-refractivity contribution is -0.140. The largest absolute Gasteiger partial charge is 0.481 e. The predicted octanol–water partition coefficient (Wildman–Crippen LogP) is 1.86. The second-order valence-corrected chi connectivity index (χ2v) is 5.96. The van der Waals surface area contributed by atoms with Crippen molar-refractivity contribution in [3.8, 4) is 0 Å². The van der Waals surface area contributed by atoms with Gasteiger partial charge >= 0.3 is 5.97 Å². The van der Waals surface area contributed by atoms with Crippen LogP contribution in [0.4, 0.5) is 0 Å². The van der Waals surface area contributed by atoms with Gasteiger partial charge in [0.1, 0.15) is 0 Å². The molecule has 1 aliphatic rings. The number of aliphatic carboxylic acids is 1. The Bertz CT molecular complexity index is 230. The van der Waals surface area contributed by atoms with Gasteiger partial charge in [-0.15, -0.1) is 0 Å². The molecule has 14 heavy (non-hydrogen) atoms. The van der Waals surface area contributed by atoms with Crippen LogP contribution in [0.25, 0.3) is 0 Å². The Morgan fingerprint density at radius 2 is 2.29 bits per heavy atom. The highest BCUT2D eigenvalue weighted by molar-refractivity contribution is 8.13. The van der Waals surface area contributed by atoms with Crippen LogP contribution in [0.2, 0.25) is 0 Å². The van der Waals surface area contributed by atoms with Gasteiger partial charge in [-0.05, 0) is 12.8 Å². The van der Waals surface area contributed by atoms with Crippen LogP contribution in [0.5, 0.6) is 0 Å². The molecule has 0 radical (unpaired) electrons. The van der Waals surface area contributed by atoms with Crippen LogP contribution in [0.15, 0.2) is 0 Å². The highest BCUT2D eigenvalue weighted by atomic mass is 32.2. The maximum Gasteiger partial charge on any atom is 0.307 e. The summed E-state index contributed by atoms with van der Waals surface area (Å²) in [6.07, 6.45) is 1.71. The summed E-state index contributed by atoms with van der Waals surface area (Å²) in [6.45, 7) is 1.56. The van der Waals surface area contributed by atoms with Crippen LogP contribution in [0, 0.1) is 5.92 Å². The number of carboxylic acids is 1. The van der Waals surface area contributed by atoms with Crippen LogP contribution in [-0.2, 0) is 9.59 Å². The van der Waals surface area contributed by atoms with Crippen LogP contribution >= 0.6 is 23.5 Å². The van der Waals surface area contributed by atoms with Crippen LogP contribution < -0.4 is 0 Å². The maximum absolute atomic E-state index is 10.7.